The summed E-state index contributed by atoms with van der Waals surface area (Å²) in [4.78, 5) is 9.90. The maximum absolute atomic E-state index is 4.27. The van der Waals surface area contributed by atoms with E-state index in [-0.39, 0.29) is 0 Å². The van der Waals surface area contributed by atoms with E-state index in [1.165, 1.54) is 19.4 Å². The van der Waals surface area contributed by atoms with Gasteiger partial charge in [-0.05, 0) is 33.7 Å². The van der Waals surface area contributed by atoms with Gasteiger partial charge < -0.3 is 15.2 Å². The number of aromatic amines is 1. The highest BCUT2D eigenvalue weighted by molar-refractivity contribution is 5.27. The maximum atomic E-state index is 4.27. The standard InChI is InChI=1S/C11H20N4/c1-8-7-12-11(13-8)14-10-4-5-15(3)9(2)6-10/h7,9-10H,4-6H2,1-3H3,(H2,12,13,14). The fourth-order valence-corrected chi connectivity index (χ4v) is 2.10. The van der Waals surface area contributed by atoms with Crippen LogP contribution in [-0.2, 0) is 0 Å². The van der Waals surface area contributed by atoms with Gasteiger partial charge in [-0.1, -0.05) is 0 Å². The third kappa shape index (κ3) is 2.50. The molecule has 1 aromatic heterocycles. The molecule has 1 aromatic rings. The van der Waals surface area contributed by atoms with Crippen molar-refractivity contribution < 1.29 is 0 Å². The minimum Gasteiger partial charge on any atom is -0.353 e. The lowest BCUT2D eigenvalue weighted by atomic mass is 9.99. The van der Waals surface area contributed by atoms with Gasteiger partial charge in [0.2, 0.25) is 5.95 Å². The van der Waals surface area contributed by atoms with Crippen molar-refractivity contribution in [1.29, 1.82) is 0 Å². The molecule has 2 unspecified atom stereocenters. The highest BCUT2D eigenvalue weighted by Gasteiger charge is 2.22. The van der Waals surface area contributed by atoms with E-state index >= 15 is 0 Å². The Morgan fingerprint density at radius 3 is 3.00 bits per heavy atom. The first-order valence-electron chi connectivity index (χ1n) is 5.63. The van der Waals surface area contributed by atoms with Gasteiger partial charge in [-0.2, -0.15) is 0 Å². The second-order valence-corrected chi connectivity index (χ2v) is 4.61. The lowest BCUT2D eigenvalue weighted by Gasteiger charge is -2.35. The molecule has 2 rings (SSSR count). The monoisotopic (exact) mass is 208 g/mol. The Bertz CT molecular complexity index is 320. The summed E-state index contributed by atoms with van der Waals surface area (Å²) in [5.41, 5.74) is 1.11. The van der Waals surface area contributed by atoms with E-state index in [0.29, 0.717) is 12.1 Å². The molecule has 84 valence electrons. The van der Waals surface area contributed by atoms with Gasteiger partial charge in [0.25, 0.3) is 0 Å². The van der Waals surface area contributed by atoms with Crippen molar-refractivity contribution in [2.45, 2.75) is 38.8 Å². The molecule has 0 amide bonds. The molecule has 1 fully saturated rings. The molecule has 1 aliphatic rings. The summed E-state index contributed by atoms with van der Waals surface area (Å²) in [5, 5.41) is 3.46. The van der Waals surface area contributed by atoms with Crippen LogP contribution in [0.1, 0.15) is 25.5 Å². The quantitative estimate of drug-likeness (QED) is 0.776. The Hall–Kier alpha value is -1.03. The lowest BCUT2D eigenvalue weighted by molar-refractivity contribution is 0.190. The average Bonchev–Trinajstić information content (AvgIpc) is 2.58. The van der Waals surface area contributed by atoms with E-state index < -0.39 is 0 Å². The first-order chi connectivity index (χ1) is 7.15. The molecule has 4 nitrogen and oxygen atoms in total. The largest absolute Gasteiger partial charge is 0.353 e. The minimum absolute atomic E-state index is 0.557. The summed E-state index contributed by atoms with van der Waals surface area (Å²) >= 11 is 0. The third-order valence-electron chi connectivity index (χ3n) is 3.25. The molecule has 2 atom stereocenters. The molecule has 0 spiro atoms. The third-order valence-corrected chi connectivity index (χ3v) is 3.25. The molecule has 15 heavy (non-hydrogen) atoms. The van der Waals surface area contributed by atoms with E-state index in [4.69, 9.17) is 0 Å². The van der Waals surface area contributed by atoms with Gasteiger partial charge in [-0.3, -0.25) is 0 Å². The molecule has 2 N–H and O–H groups in total. The van der Waals surface area contributed by atoms with Crippen molar-refractivity contribution >= 4 is 5.95 Å². The number of likely N-dealkylation sites (tertiary alicyclic amines) is 1. The predicted molar refractivity (Wildman–Crippen MR) is 62.1 cm³/mol. The Morgan fingerprint density at radius 2 is 2.40 bits per heavy atom. The minimum atomic E-state index is 0.557. The zero-order valence-electron chi connectivity index (χ0n) is 9.75. The van der Waals surface area contributed by atoms with Gasteiger partial charge in [-0.25, -0.2) is 4.98 Å². The highest BCUT2D eigenvalue weighted by atomic mass is 15.2. The number of piperidine rings is 1. The van der Waals surface area contributed by atoms with Crippen LogP contribution in [0, 0.1) is 6.92 Å². The Labute approximate surface area is 91.1 Å². The van der Waals surface area contributed by atoms with Crippen LogP contribution in [0.5, 0.6) is 0 Å². The van der Waals surface area contributed by atoms with Crippen LogP contribution in [-0.4, -0.2) is 40.5 Å². The SMILES string of the molecule is Cc1cnc(NC2CCN(C)C(C)C2)[nH]1. The number of hydrogen-bond acceptors (Lipinski definition) is 3. The fraction of sp³-hybridized carbons (Fsp3) is 0.727. The maximum Gasteiger partial charge on any atom is 0.200 e. The smallest absolute Gasteiger partial charge is 0.200 e. The van der Waals surface area contributed by atoms with Crippen molar-refractivity contribution in [3.8, 4) is 0 Å². The van der Waals surface area contributed by atoms with Crippen molar-refractivity contribution in [2.75, 3.05) is 18.9 Å². The number of nitrogens with zero attached hydrogens (tertiary/aromatic N) is 2. The van der Waals surface area contributed by atoms with Crippen LogP contribution >= 0.6 is 0 Å². The van der Waals surface area contributed by atoms with E-state index in [0.717, 1.165) is 11.6 Å². The van der Waals surface area contributed by atoms with Crippen LogP contribution in [0.2, 0.25) is 0 Å². The molecule has 4 heteroatoms. The molecule has 0 aliphatic carbocycles. The summed E-state index contributed by atoms with van der Waals surface area (Å²) < 4.78 is 0. The first kappa shape index (κ1) is 10.5. The molecule has 1 aliphatic heterocycles. The summed E-state index contributed by atoms with van der Waals surface area (Å²) in [6.45, 7) is 5.47. The number of rotatable bonds is 2. The van der Waals surface area contributed by atoms with Gasteiger partial charge in [0.05, 0.1) is 0 Å². The molecule has 1 saturated heterocycles. The number of hydrogen-bond donors (Lipinski definition) is 2. The summed E-state index contributed by atoms with van der Waals surface area (Å²) in [7, 11) is 2.19. The Balaban J connectivity index is 1.90. The van der Waals surface area contributed by atoms with Crippen molar-refractivity contribution in [2.24, 2.45) is 0 Å². The Kier molecular flexibility index (Phi) is 2.95. The number of imidazole rings is 1. The molecule has 0 aromatic carbocycles. The van der Waals surface area contributed by atoms with Gasteiger partial charge >= 0.3 is 0 Å². The van der Waals surface area contributed by atoms with Gasteiger partial charge in [0.1, 0.15) is 0 Å². The number of aryl methyl sites for hydroxylation is 1. The molecule has 2 heterocycles. The van der Waals surface area contributed by atoms with Crippen LogP contribution in [0.25, 0.3) is 0 Å². The van der Waals surface area contributed by atoms with Crippen LogP contribution < -0.4 is 5.32 Å². The van der Waals surface area contributed by atoms with Crippen molar-refractivity contribution in [3.63, 3.8) is 0 Å². The molecular formula is C11H20N4. The predicted octanol–water partition coefficient (Wildman–Crippen LogP) is 1.61. The van der Waals surface area contributed by atoms with Gasteiger partial charge in [-0.15, -0.1) is 0 Å². The van der Waals surface area contributed by atoms with E-state index in [2.05, 4.69) is 34.2 Å². The number of anilines is 1. The normalized spacial score (nSPS) is 27.9. The van der Waals surface area contributed by atoms with Crippen LogP contribution in [0.4, 0.5) is 5.95 Å². The topological polar surface area (TPSA) is 44.0 Å². The average molecular weight is 208 g/mol. The van der Waals surface area contributed by atoms with E-state index in [1.54, 1.807) is 0 Å². The van der Waals surface area contributed by atoms with Gasteiger partial charge in [0.15, 0.2) is 0 Å². The second kappa shape index (κ2) is 4.23. The van der Waals surface area contributed by atoms with Crippen LogP contribution in [0.15, 0.2) is 6.20 Å². The van der Waals surface area contributed by atoms with E-state index in [1.807, 2.05) is 13.1 Å². The summed E-state index contributed by atoms with van der Waals surface area (Å²) in [6.07, 6.45) is 4.25. The fourth-order valence-electron chi connectivity index (χ4n) is 2.10. The van der Waals surface area contributed by atoms with Crippen molar-refractivity contribution in [1.82, 2.24) is 14.9 Å². The first-order valence-corrected chi connectivity index (χ1v) is 5.63. The zero-order valence-corrected chi connectivity index (χ0v) is 9.75. The molecule has 0 saturated carbocycles. The molecule has 0 radical (unpaired) electrons. The number of H-pyrrole nitrogens is 1. The van der Waals surface area contributed by atoms with Crippen LogP contribution in [0.3, 0.4) is 0 Å². The lowest BCUT2D eigenvalue weighted by Crippen LogP contribution is -2.42. The second-order valence-electron chi connectivity index (χ2n) is 4.61. The highest BCUT2D eigenvalue weighted by Crippen LogP contribution is 2.18. The van der Waals surface area contributed by atoms with Crippen molar-refractivity contribution in [3.05, 3.63) is 11.9 Å². The number of aromatic nitrogens is 2. The van der Waals surface area contributed by atoms with E-state index in [9.17, 15) is 0 Å². The Morgan fingerprint density at radius 1 is 1.60 bits per heavy atom. The zero-order chi connectivity index (χ0) is 10.8. The molecule has 0 bridgehead atoms. The summed E-state index contributed by atoms with van der Waals surface area (Å²) in [5.74, 6) is 0.911. The van der Waals surface area contributed by atoms with Gasteiger partial charge in [0, 0.05) is 30.5 Å². The molecular weight excluding hydrogens is 188 g/mol. The summed E-state index contributed by atoms with van der Waals surface area (Å²) in [6, 6.07) is 1.22. The number of nitrogens with one attached hydrogen (secondary N) is 2.